The first-order valence-electron chi connectivity index (χ1n) is 6.99. The quantitative estimate of drug-likeness (QED) is 0.783. The van der Waals surface area contributed by atoms with Gasteiger partial charge in [-0.2, -0.15) is 0 Å². The van der Waals surface area contributed by atoms with Gasteiger partial charge in [0, 0.05) is 0 Å². The van der Waals surface area contributed by atoms with Crippen molar-refractivity contribution < 1.29 is 17.9 Å². The first kappa shape index (κ1) is 17.5. The number of anilines is 1. The highest BCUT2D eigenvalue weighted by Gasteiger charge is 2.25. The van der Waals surface area contributed by atoms with E-state index in [1.165, 1.54) is 7.11 Å². The van der Waals surface area contributed by atoms with Crippen LogP contribution in [0.25, 0.3) is 0 Å². The minimum absolute atomic E-state index is 0.0283. The smallest absolute Gasteiger partial charge is 0.328 e. The van der Waals surface area contributed by atoms with E-state index in [0.29, 0.717) is 12.1 Å². The lowest BCUT2D eigenvalue weighted by Crippen LogP contribution is -2.36. The fourth-order valence-corrected chi connectivity index (χ4v) is 3.53. The van der Waals surface area contributed by atoms with E-state index < -0.39 is 21.8 Å². The molecule has 0 saturated heterocycles. The van der Waals surface area contributed by atoms with Gasteiger partial charge in [0.15, 0.2) is 9.84 Å². The summed E-state index contributed by atoms with van der Waals surface area (Å²) in [4.78, 5) is 12.0. The number of methoxy groups -OCH3 is 1. The number of benzene rings is 1. The molecule has 0 radical (unpaired) electrons. The molecule has 6 heteroatoms. The SMILES string of the molecule is CCCS(=O)(=O)c1ccccc1NC(C(=O)OC)C(C)C. The molecule has 1 N–H and O–H groups in total. The molecule has 0 aliphatic carbocycles. The predicted octanol–water partition coefficient (Wildman–Crippen LogP) is 2.48. The van der Waals surface area contributed by atoms with Crippen LogP contribution in [0.2, 0.25) is 0 Å². The van der Waals surface area contributed by atoms with Gasteiger partial charge in [-0.15, -0.1) is 0 Å². The van der Waals surface area contributed by atoms with Crippen molar-refractivity contribution in [2.75, 3.05) is 18.2 Å². The number of esters is 1. The molecule has 1 atom stereocenters. The van der Waals surface area contributed by atoms with Crippen molar-refractivity contribution in [2.45, 2.75) is 38.1 Å². The molecule has 0 bridgehead atoms. The molecule has 0 fully saturated rings. The van der Waals surface area contributed by atoms with Crippen LogP contribution in [0.4, 0.5) is 5.69 Å². The highest BCUT2D eigenvalue weighted by atomic mass is 32.2. The van der Waals surface area contributed by atoms with Gasteiger partial charge in [0.1, 0.15) is 6.04 Å². The van der Waals surface area contributed by atoms with Gasteiger partial charge in [-0.05, 0) is 24.5 Å². The Balaban J connectivity index is 3.17. The maximum Gasteiger partial charge on any atom is 0.328 e. The van der Waals surface area contributed by atoms with E-state index in [9.17, 15) is 13.2 Å². The third-order valence-electron chi connectivity index (χ3n) is 3.13. The van der Waals surface area contributed by atoms with E-state index in [4.69, 9.17) is 4.74 Å². The number of hydrogen-bond donors (Lipinski definition) is 1. The Morgan fingerprint density at radius 3 is 2.43 bits per heavy atom. The number of carbonyl (C=O) groups excluding carboxylic acids is 1. The summed E-state index contributed by atoms with van der Waals surface area (Å²) >= 11 is 0. The molecule has 0 aromatic heterocycles. The minimum atomic E-state index is -3.36. The lowest BCUT2D eigenvalue weighted by atomic mass is 10.0. The highest BCUT2D eigenvalue weighted by Crippen LogP contribution is 2.24. The Hall–Kier alpha value is -1.56. The lowest BCUT2D eigenvalue weighted by molar-refractivity contribution is -0.142. The first-order chi connectivity index (χ1) is 9.83. The Labute approximate surface area is 126 Å². The van der Waals surface area contributed by atoms with Crippen molar-refractivity contribution in [2.24, 2.45) is 5.92 Å². The summed E-state index contributed by atoms with van der Waals surface area (Å²) in [6.07, 6.45) is 0.543. The van der Waals surface area contributed by atoms with E-state index in [1.54, 1.807) is 24.3 Å². The summed E-state index contributed by atoms with van der Waals surface area (Å²) in [6.45, 7) is 5.56. The molecule has 0 heterocycles. The summed E-state index contributed by atoms with van der Waals surface area (Å²) in [7, 11) is -2.04. The molecular formula is C15H23NO4S. The lowest BCUT2D eigenvalue weighted by Gasteiger charge is -2.22. The molecule has 0 aliphatic heterocycles. The molecule has 1 rings (SSSR count). The van der Waals surface area contributed by atoms with Crippen LogP contribution >= 0.6 is 0 Å². The average Bonchev–Trinajstić information content (AvgIpc) is 2.44. The van der Waals surface area contributed by atoms with Gasteiger partial charge < -0.3 is 10.1 Å². The van der Waals surface area contributed by atoms with Crippen molar-refractivity contribution in [3.63, 3.8) is 0 Å². The van der Waals surface area contributed by atoms with Crippen LogP contribution in [0.15, 0.2) is 29.2 Å². The zero-order valence-electron chi connectivity index (χ0n) is 12.9. The van der Waals surface area contributed by atoms with Crippen molar-refractivity contribution in [3.8, 4) is 0 Å². The molecule has 5 nitrogen and oxygen atoms in total. The van der Waals surface area contributed by atoms with Gasteiger partial charge in [0.2, 0.25) is 0 Å². The first-order valence-corrected chi connectivity index (χ1v) is 8.64. The van der Waals surface area contributed by atoms with Crippen LogP contribution in [-0.2, 0) is 19.4 Å². The molecule has 118 valence electrons. The maximum absolute atomic E-state index is 12.3. The van der Waals surface area contributed by atoms with Crippen molar-refractivity contribution in [1.82, 2.24) is 0 Å². The van der Waals surface area contributed by atoms with Gasteiger partial charge in [0.05, 0.1) is 23.4 Å². The Kier molecular flexibility index (Phi) is 6.20. The topological polar surface area (TPSA) is 72.5 Å². The fraction of sp³-hybridized carbons (Fsp3) is 0.533. The van der Waals surface area contributed by atoms with E-state index in [2.05, 4.69) is 5.32 Å². The van der Waals surface area contributed by atoms with Crippen LogP contribution in [-0.4, -0.2) is 33.3 Å². The van der Waals surface area contributed by atoms with E-state index in [1.807, 2.05) is 20.8 Å². The van der Waals surface area contributed by atoms with Gasteiger partial charge in [0.25, 0.3) is 0 Å². The van der Waals surface area contributed by atoms with Crippen molar-refractivity contribution >= 4 is 21.5 Å². The standard InChI is InChI=1S/C15H23NO4S/c1-5-10-21(18,19)13-9-7-6-8-12(13)16-14(11(2)3)15(17)20-4/h6-9,11,14,16H,5,10H2,1-4H3. The second kappa shape index (κ2) is 7.45. The van der Waals surface area contributed by atoms with Crippen LogP contribution < -0.4 is 5.32 Å². The van der Waals surface area contributed by atoms with Crippen LogP contribution in [0, 0.1) is 5.92 Å². The predicted molar refractivity (Wildman–Crippen MR) is 83.1 cm³/mol. The van der Waals surface area contributed by atoms with E-state index >= 15 is 0 Å². The summed E-state index contributed by atoms with van der Waals surface area (Å²) < 4.78 is 29.3. The van der Waals surface area contributed by atoms with Gasteiger partial charge in [-0.3, -0.25) is 0 Å². The van der Waals surface area contributed by atoms with Gasteiger partial charge in [-0.25, -0.2) is 13.2 Å². The van der Waals surface area contributed by atoms with E-state index in [0.717, 1.165) is 0 Å². The molecule has 0 saturated carbocycles. The minimum Gasteiger partial charge on any atom is -0.467 e. The maximum atomic E-state index is 12.3. The number of nitrogens with one attached hydrogen (secondary N) is 1. The summed E-state index contributed by atoms with van der Waals surface area (Å²) in [6, 6.07) is 6.05. The third kappa shape index (κ3) is 4.46. The number of sulfone groups is 1. The third-order valence-corrected chi connectivity index (χ3v) is 5.10. The molecule has 0 amide bonds. The molecular weight excluding hydrogens is 290 g/mol. The molecule has 21 heavy (non-hydrogen) atoms. The zero-order valence-corrected chi connectivity index (χ0v) is 13.7. The molecule has 0 aliphatic rings. The second-order valence-electron chi connectivity index (χ2n) is 5.20. The highest BCUT2D eigenvalue weighted by molar-refractivity contribution is 7.91. The molecule has 1 unspecified atom stereocenters. The monoisotopic (exact) mass is 313 g/mol. The van der Waals surface area contributed by atoms with Gasteiger partial charge >= 0.3 is 5.97 Å². The Morgan fingerprint density at radius 2 is 1.90 bits per heavy atom. The van der Waals surface area contributed by atoms with Gasteiger partial charge in [-0.1, -0.05) is 32.9 Å². The average molecular weight is 313 g/mol. The summed E-state index contributed by atoms with van der Waals surface area (Å²) in [5, 5.41) is 3.01. The fourth-order valence-electron chi connectivity index (χ4n) is 2.03. The van der Waals surface area contributed by atoms with Crippen molar-refractivity contribution in [3.05, 3.63) is 24.3 Å². The van der Waals surface area contributed by atoms with Crippen molar-refractivity contribution in [1.29, 1.82) is 0 Å². The largest absolute Gasteiger partial charge is 0.467 e. The number of rotatable bonds is 7. The van der Waals surface area contributed by atoms with Crippen LogP contribution in [0.1, 0.15) is 27.2 Å². The summed E-state index contributed by atoms with van der Waals surface area (Å²) in [5.74, 6) is -0.358. The van der Waals surface area contributed by atoms with Crippen LogP contribution in [0.5, 0.6) is 0 Å². The number of para-hydroxylation sites is 1. The molecule has 1 aromatic carbocycles. The number of ether oxygens (including phenoxy) is 1. The Bertz CT molecular complexity index is 581. The zero-order chi connectivity index (χ0) is 16.0. The number of carbonyl (C=O) groups is 1. The molecule has 0 spiro atoms. The summed E-state index contributed by atoms with van der Waals surface area (Å²) in [5.41, 5.74) is 0.440. The molecule has 1 aromatic rings. The number of hydrogen-bond acceptors (Lipinski definition) is 5. The second-order valence-corrected chi connectivity index (χ2v) is 7.28. The normalized spacial score (nSPS) is 13.0. The van der Waals surface area contributed by atoms with E-state index in [-0.39, 0.29) is 16.6 Å². The van der Waals surface area contributed by atoms with Crippen LogP contribution in [0.3, 0.4) is 0 Å². The Morgan fingerprint density at radius 1 is 1.29 bits per heavy atom.